The maximum Gasteiger partial charge on any atom is 0.128 e. The topological polar surface area (TPSA) is 39.6 Å². The summed E-state index contributed by atoms with van der Waals surface area (Å²) in [5.41, 5.74) is 2.69. The number of benzene rings is 1. The summed E-state index contributed by atoms with van der Waals surface area (Å²) >= 11 is 0. The van der Waals surface area contributed by atoms with Crippen LogP contribution in [0.4, 0.5) is 5.82 Å². The summed E-state index contributed by atoms with van der Waals surface area (Å²) in [5.74, 6) is 1.02. The quantitative estimate of drug-likeness (QED) is 0.942. The Hall–Kier alpha value is -1.91. The van der Waals surface area contributed by atoms with Gasteiger partial charge in [0, 0.05) is 37.4 Å². The van der Waals surface area contributed by atoms with Crippen LogP contribution in [0.5, 0.6) is 0 Å². The average molecular weight is 311 g/mol. The molecule has 122 valence electrons. The third-order valence-corrected chi connectivity index (χ3v) is 4.67. The van der Waals surface area contributed by atoms with Crippen molar-refractivity contribution in [2.24, 2.45) is 0 Å². The van der Waals surface area contributed by atoms with E-state index in [0.29, 0.717) is 0 Å². The molecule has 0 radical (unpaired) electrons. The molecule has 23 heavy (non-hydrogen) atoms. The van der Waals surface area contributed by atoms with Crippen LogP contribution in [0, 0.1) is 6.92 Å². The molecule has 0 amide bonds. The van der Waals surface area contributed by atoms with Gasteiger partial charge in [-0.3, -0.25) is 0 Å². The molecule has 0 spiro atoms. The van der Waals surface area contributed by atoms with Crippen molar-refractivity contribution < 1.29 is 5.11 Å². The lowest BCUT2D eigenvalue weighted by molar-refractivity contribution is 0.219. The van der Waals surface area contributed by atoms with Crippen molar-refractivity contribution in [2.75, 3.05) is 37.6 Å². The number of nitrogens with zero attached hydrogens (tertiary/aromatic N) is 3. The summed E-state index contributed by atoms with van der Waals surface area (Å²) in [6.07, 6.45) is -0.616. The van der Waals surface area contributed by atoms with Gasteiger partial charge in [0.25, 0.3) is 0 Å². The number of aliphatic hydroxyl groups is 1. The summed E-state index contributed by atoms with van der Waals surface area (Å²) in [4.78, 5) is 9.53. The summed E-state index contributed by atoms with van der Waals surface area (Å²) in [5, 5.41) is 10.6. The molecule has 0 unspecified atom stereocenters. The Balaban J connectivity index is 1.76. The van der Waals surface area contributed by atoms with E-state index in [4.69, 9.17) is 4.98 Å². The number of piperazine rings is 1. The van der Waals surface area contributed by atoms with Crippen LogP contribution >= 0.6 is 0 Å². The largest absolute Gasteiger partial charge is 0.384 e. The van der Waals surface area contributed by atoms with E-state index in [-0.39, 0.29) is 0 Å². The second-order valence-electron chi connectivity index (χ2n) is 6.08. The van der Waals surface area contributed by atoms with Crippen LogP contribution in [0.3, 0.4) is 0 Å². The first kappa shape index (κ1) is 16.0. The zero-order chi connectivity index (χ0) is 16.2. The molecule has 0 bridgehead atoms. The molecule has 2 heterocycles. The van der Waals surface area contributed by atoms with Crippen molar-refractivity contribution in [1.82, 2.24) is 9.88 Å². The smallest absolute Gasteiger partial charge is 0.128 e. The van der Waals surface area contributed by atoms with Gasteiger partial charge in [-0.1, -0.05) is 43.3 Å². The SMILES string of the molecule is CCN1CCN(c2ccc([C@@H](O)c3ccccc3)c(C)n2)CC1. The number of anilines is 1. The molecule has 1 aliphatic rings. The molecule has 0 aliphatic carbocycles. The van der Waals surface area contributed by atoms with E-state index in [2.05, 4.69) is 16.7 Å². The third kappa shape index (κ3) is 3.54. The fourth-order valence-corrected chi connectivity index (χ4v) is 3.13. The van der Waals surface area contributed by atoms with E-state index in [9.17, 15) is 5.11 Å². The lowest BCUT2D eigenvalue weighted by Crippen LogP contribution is -2.46. The molecular weight excluding hydrogens is 286 g/mol. The zero-order valence-corrected chi connectivity index (χ0v) is 13.9. The maximum absolute atomic E-state index is 10.6. The van der Waals surface area contributed by atoms with Gasteiger partial charge in [-0.25, -0.2) is 4.98 Å². The monoisotopic (exact) mass is 311 g/mol. The standard InChI is InChI=1S/C19H25N3O/c1-3-21-11-13-22(14-12-21)18-10-9-17(15(2)20-18)19(23)16-7-5-4-6-8-16/h4-10,19,23H,3,11-14H2,1-2H3/t19-/m0/s1. The van der Waals surface area contributed by atoms with E-state index < -0.39 is 6.10 Å². The van der Waals surface area contributed by atoms with E-state index in [0.717, 1.165) is 55.4 Å². The van der Waals surface area contributed by atoms with Crippen LogP contribution in [0.15, 0.2) is 42.5 Å². The summed E-state index contributed by atoms with van der Waals surface area (Å²) in [7, 11) is 0. The summed E-state index contributed by atoms with van der Waals surface area (Å²) < 4.78 is 0. The van der Waals surface area contributed by atoms with Crippen molar-refractivity contribution in [1.29, 1.82) is 0 Å². The highest BCUT2D eigenvalue weighted by Crippen LogP contribution is 2.26. The van der Waals surface area contributed by atoms with Crippen molar-refractivity contribution in [3.8, 4) is 0 Å². The number of hydrogen-bond donors (Lipinski definition) is 1. The fourth-order valence-electron chi connectivity index (χ4n) is 3.13. The van der Waals surface area contributed by atoms with Gasteiger partial charge in [-0.15, -0.1) is 0 Å². The second kappa shape index (κ2) is 7.11. The Bertz CT molecular complexity index is 636. The highest BCUT2D eigenvalue weighted by molar-refractivity contribution is 5.44. The molecule has 4 nitrogen and oxygen atoms in total. The van der Waals surface area contributed by atoms with E-state index in [1.807, 2.05) is 49.4 Å². The normalized spacial score (nSPS) is 17.3. The first-order valence-corrected chi connectivity index (χ1v) is 8.37. The Morgan fingerprint density at radius 3 is 2.35 bits per heavy atom. The molecule has 1 fully saturated rings. The minimum absolute atomic E-state index is 0.616. The van der Waals surface area contributed by atoms with Crippen molar-refractivity contribution >= 4 is 5.82 Å². The van der Waals surface area contributed by atoms with E-state index in [1.54, 1.807) is 0 Å². The molecule has 3 rings (SSSR count). The van der Waals surface area contributed by atoms with Crippen molar-refractivity contribution in [3.05, 3.63) is 59.3 Å². The van der Waals surface area contributed by atoms with Crippen molar-refractivity contribution in [2.45, 2.75) is 20.0 Å². The van der Waals surface area contributed by atoms with Gasteiger partial charge >= 0.3 is 0 Å². The van der Waals surface area contributed by atoms with Crippen LogP contribution in [0.1, 0.15) is 29.8 Å². The number of aryl methyl sites for hydroxylation is 1. The van der Waals surface area contributed by atoms with E-state index >= 15 is 0 Å². The number of aliphatic hydroxyl groups excluding tert-OH is 1. The van der Waals surface area contributed by atoms with Crippen LogP contribution in [-0.2, 0) is 0 Å². The van der Waals surface area contributed by atoms with Gasteiger partial charge in [-0.05, 0) is 25.1 Å². The van der Waals surface area contributed by atoms with E-state index in [1.165, 1.54) is 0 Å². The Morgan fingerprint density at radius 2 is 1.74 bits per heavy atom. The first-order chi connectivity index (χ1) is 11.2. The molecule has 1 saturated heterocycles. The van der Waals surface area contributed by atoms with Gasteiger partial charge in [0.1, 0.15) is 11.9 Å². The third-order valence-electron chi connectivity index (χ3n) is 4.67. The average Bonchev–Trinajstić information content (AvgIpc) is 2.62. The lowest BCUT2D eigenvalue weighted by atomic mass is 10.0. The van der Waals surface area contributed by atoms with Gasteiger partial charge in [-0.2, -0.15) is 0 Å². The van der Waals surface area contributed by atoms with Gasteiger partial charge in [0.05, 0.1) is 0 Å². The molecule has 1 N–H and O–H groups in total. The fraction of sp³-hybridized carbons (Fsp3) is 0.421. The maximum atomic E-state index is 10.6. The van der Waals surface area contributed by atoms with Gasteiger partial charge < -0.3 is 14.9 Å². The van der Waals surface area contributed by atoms with Crippen LogP contribution < -0.4 is 4.90 Å². The second-order valence-corrected chi connectivity index (χ2v) is 6.08. The Morgan fingerprint density at radius 1 is 1.04 bits per heavy atom. The van der Waals surface area contributed by atoms with Gasteiger partial charge in [0.15, 0.2) is 0 Å². The predicted octanol–water partition coefficient (Wildman–Crippen LogP) is 2.61. The zero-order valence-electron chi connectivity index (χ0n) is 13.9. The number of hydrogen-bond acceptors (Lipinski definition) is 4. The van der Waals surface area contributed by atoms with Crippen LogP contribution in [-0.4, -0.2) is 47.7 Å². The first-order valence-electron chi connectivity index (χ1n) is 8.37. The number of aromatic nitrogens is 1. The molecule has 0 saturated carbocycles. The van der Waals surface area contributed by atoms with Crippen LogP contribution in [0.2, 0.25) is 0 Å². The molecule has 4 heteroatoms. The highest BCUT2D eigenvalue weighted by atomic mass is 16.3. The molecular formula is C19H25N3O. The molecule has 1 atom stereocenters. The van der Waals surface area contributed by atoms with Crippen LogP contribution in [0.25, 0.3) is 0 Å². The summed E-state index contributed by atoms with van der Waals surface area (Å²) in [6.45, 7) is 9.51. The highest BCUT2D eigenvalue weighted by Gasteiger charge is 2.19. The number of rotatable bonds is 4. The molecule has 1 aromatic carbocycles. The number of likely N-dealkylation sites (N-methyl/N-ethyl adjacent to an activating group) is 1. The minimum atomic E-state index is -0.616. The minimum Gasteiger partial charge on any atom is -0.384 e. The molecule has 1 aliphatic heterocycles. The van der Waals surface area contributed by atoms with Gasteiger partial charge in [0.2, 0.25) is 0 Å². The number of pyridine rings is 1. The predicted molar refractivity (Wildman–Crippen MR) is 93.8 cm³/mol. The lowest BCUT2D eigenvalue weighted by Gasteiger charge is -2.35. The molecule has 1 aromatic heterocycles. The molecule has 2 aromatic rings. The summed E-state index contributed by atoms with van der Waals surface area (Å²) in [6, 6.07) is 13.8. The van der Waals surface area contributed by atoms with Crippen molar-refractivity contribution in [3.63, 3.8) is 0 Å². The Labute approximate surface area is 138 Å². The Kier molecular flexibility index (Phi) is 4.94.